The van der Waals surface area contributed by atoms with Gasteiger partial charge in [-0.3, -0.25) is 0 Å². The Kier molecular flexibility index (Phi) is 6.68. The highest BCUT2D eigenvalue weighted by atomic mass is 16.5. The van der Waals surface area contributed by atoms with E-state index in [1.807, 2.05) is 11.0 Å². The van der Waals surface area contributed by atoms with Gasteiger partial charge in [0.1, 0.15) is 0 Å². The molecule has 0 aromatic rings. The van der Waals surface area contributed by atoms with Crippen LogP contribution in [0.5, 0.6) is 0 Å². The van der Waals surface area contributed by atoms with Crippen LogP contribution in [0.3, 0.4) is 0 Å². The van der Waals surface area contributed by atoms with Gasteiger partial charge >= 0.3 is 6.09 Å². The van der Waals surface area contributed by atoms with Gasteiger partial charge in [-0.25, -0.2) is 4.79 Å². The lowest BCUT2D eigenvalue weighted by molar-refractivity contribution is 0.0825. The van der Waals surface area contributed by atoms with E-state index in [0.717, 1.165) is 51.5 Å². The number of carbonyl (C=O) groups is 1. The Bertz CT molecular complexity index is 325. The Balaban J connectivity index is 2.78. The Morgan fingerprint density at radius 1 is 1.42 bits per heavy atom. The SMILES string of the molecule is C=CCCC1(C/C=C/CCC)CCCN1C(=O)OC. The average Bonchev–Trinajstić information content (AvgIpc) is 2.85. The standard InChI is InChI=1S/C16H27NO2/c1-4-6-8-9-12-16(11-7-5-2)13-10-14-17(16)15(18)19-3/h5,8-9H,2,4,6-7,10-14H2,1,3H3/b9-8+. The number of hydrogen-bond acceptors (Lipinski definition) is 2. The smallest absolute Gasteiger partial charge is 0.409 e. The van der Waals surface area contributed by atoms with Crippen molar-refractivity contribution < 1.29 is 9.53 Å². The second-order valence-corrected chi connectivity index (χ2v) is 5.24. The second kappa shape index (κ2) is 8.03. The lowest BCUT2D eigenvalue weighted by atomic mass is 9.86. The van der Waals surface area contributed by atoms with Crippen molar-refractivity contribution in [1.82, 2.24) is 4.90 Å². The Labute approximate surface area is 117 Å². The van der Waals surface area contributed by atoms with Gasteiger partial charge in [-0.15, -0.1) is 6.58 Å². The van der Waals surface area contributed by atoms with E-state index in [1.54, 1.807) is 0 Å². The molecule has 0 radical (unpaired) electrons. The number of nitrogens with zero attached hydrogens (tertiary/aromatic N) is 1. The van der Waals surface area contributed by atoms with Crippen molar-refractivity contribution >= 4 is 6.09 Å². The van der Waals surface area contributed by atoms with E-state index in [1.165, 1.54) is 7.11 Å². The summed E-state index contributed by atoms with van der Waals surface area (Å²) in [6.45, 7) is 6.79. The van der Waals surface area contributed by atoms with Crippen LogP contribution < -0.4 is 0 Å². The van der Waals surface area contributed by atoms with Crippen LogP contribution in [0.25, 0.3) is 0 Å². The van der Waals surface area contributed by atoms with Crippen molar-refractivity contribution in [3.8, 4) is 0 Å². The summed E-state index contributed by atoms with van der Waals surface area (Å²) in [7, 11) is 1.46. The maximum atomic E-state index is 11.9. The van der Waals surface area contributed by atoms with Gasteiger partial charge in [0.2, 0.25) is 0 Å². The first-order valence-corrected chi connectivity index (χ1v) is 7.31. The minimum atomic E-state index is -0.189. The summed E-state index contributed by atoms with van der Waals surface area (Å²) >= 11 is 0. The molecule has 1 saturated heterocycles. The molecular weight excluding hydrogens is 238 g/mol. The molecule has 1 fully saturated rings. The highest BCUT2D eigenvalue weighted by molar-refractivity contribution is 5.69. The molecule has 1 atom stereocenters. The zero-order valence-electron chi connectivity index (χ0n) is 12.4. The summed E-state index contributed by atoms with van der Waals surface area (Å²) in [5, 5.41) is 0. The van der Waals surface area contributed by atoms with Crippen LogP contribution in [0.1, 0.15) is 51.9 Å². The topological polar surface area (TPSA) is 29.5 Å². The quantitative estimate of drug-likeness (QED) is 0.642. The number of rotatable bonds is 7. The van der Waals surface area contributed by atoms with Gasteiger partial charge in [0, 0.05) is 6.54 Å². The van der Waals surface area contributed by atoms with E-state index >= 15 is 0 Å². The molecule has 0 aliphatic carbocycles. The number of amides is 1. The molecule has 0 saturated carbocycles. The maximum absolute atomic E-state index is 11.9. The fourth-order valence-electron chi connectivity index (χ4n) is 2.87. The first-order valence-electron chi connectivity index (χ1n) is 7.31. The molecule has 3 heteroatoms. The van der Waals surface area contributed by atoms with Gasteiger partial charge in [0.25, 0.3) is 0 Å². The first kappa shape index (κ1) is 15.8. The summed E-state index contributed by atoms with van der Waals surface area (Å²) in [4.78, 5) is 13.9. The van der Waals surface area contributed by atoms with Gasteiger partial charge in [-0.2, -0.15) is 0 Å². The largest absolute Gasteiger partial charge is 0.453 e. The third kappa shape index (κ3) is 4.12. The molecule has 19 heavy (non-hydrogen) atoms. The number of hydrogen-bond donors (Lipinski definition) is 0. The molecule has 0 aromatic carbocycles. The Hall–Kier alpha value is -1.25. The van der Waals surface area contributed by atoms with Crippen molar-refractivity contribution in [2.45, 2.75) is 57.4 Å². The van der Waals surface area contributed by atoms with E-state index in [2.05, 4.69) is 25.7 Å². The fraction of sp³-hybridized carbons (Fsp3) is 0.688. The molecule has 1 aliphatic heterocycles. The number of allylic oxidation sites excluding steroid dienone is 2. The number of ether oxygens (including phenoxy) is 1. The molecule has 0 spiro atoms. The van der Waals surface area contributed by atoms with Crippen LogP contribution in [0, 0.1) is 0 Å². The normalized spacial score (nSPS) is 22.9. The van der Waals surface area contributed by atoms with E-state index in [0.29, 0.717) is 0 Å². The zero-order chi connectivity index (χ0) is 14.1. The van der Waals surface area contributed by atoms with Gasteiger partial charge in [0.15, 0.2) is 0 Å². The lowest BCUT2D eigenvalue weighted by Gasteiger charge is -2.37. The molecular formula is C16H27NO2. The fourth-order valence-corrected chi connectivity index (χ4v) is 2.87. The number of likely N-dealkylation sites (tertiary alicyclic amines) is 1. The molecule has 0 bridgehead atoms. The zero-order valence-corrected chi connectivity index (χ0v) is 12.4. The van der Waals surface area contributed by atoms with Gasteiger partial charge in [0.05, 0.1) is 12.6 Å². The Morgan fingerprint density at radius 3 is 2.84 bits per heavy atom. The predicted molar refractivity (Wildman–Crippen MR) is 79.2 cm³/mol. The van der Waals surface area contributed by atoms with Crippen LogP contribution in [0.2, 0.25) is 0 Å². The molecule has 0 aromatic heterocycles. The summed E-state index contributed by atoms with van der Waals surface area (Å²) < 4.78 is 4.93. The van der Waals surface area contributed by atoms with Crippen molar-refractivity contribution in [1.29, 1.82) is 0 Å². The molecule has 1 rings (SSSR count). The highest BCUT2D eigenvalue weighted by Crippen LogP contribution is 2.37. The van der Waals surface area contributed by atoms with Gasteiger partial charge in [-0.05, 0) is 38.5 Å². The minimum Gasteiger partial charge on any atom is -0.453 e. The molecule has 0 N–H and O–H groups in total. The minimum absolute atomic E-state index is 0.0640. The monoisotopic (exact) mass is 265 g/mol. The number of methoxy groups -OCH3 is 1. The third-order valence-electron chi connectivity index (χ3n) is 3.93. The van der Waals surface area contributed by atoms with Crippen molar-refractivity contribution in [3.63, 3.8) is 0 Å². The average molecular weight is 265 g/mol. The van der Waals surface area contributed by atoms with Crippen LogP contribution in [0.4, 0.5) is 4.79 Å². The Morgan fingerprint density at radius 2 is 2.21 bits per heavy atom. The van der Waals surface area contributed by atoms with Crippen LogP contribution in [0.15, 0.2) is 24.8 Å². The lowest BCUT2D eigenvalue weighted by Crippen LogP contribution is -2.47. The number of unbranched alkanes of at least 4 members (excludes halogenated alkanes) is 1. The molecule has 1 unspecified atom stereocenters. The molecule has 108 valence electrons. The summed E-state index contributed by atoms with van der Waals surface area (Å²) in [6.07, 6.45) is 13.4. The number of carbonyl (C=O) groups excluding carboxylic acids is 1. The van der Waals surface area contributed by atoms with E-state index in [9.17, 15) is 4.79 Å². The van der Waals surface area contributed by atoms with Crippen LogP contribution in [-0.4, -0.2) is 30.2 Å². The van der Waals surface area contributed by atoms with Crippen molar-refractivity contribution in [2.24, 2.45) is 0 Å². The van der Waals surface area contributed by atoms with Crippen LogP contribution >= 0.6 is 0 Å². The highest BCUT2D eigenvalue weighted by Gasteiger charge is 2.42. The van der Waals surface area contributed by atoms with E-state index in [4.69, 9.17) is 4.74 Å². The van der Waals surface area contributed by atoms with Gasteiger partial charge in [-0.1, -0.05) is 31.6 Å². The van der Waals surface area contributed by atoms with Crippen molar-refractivity contribution in [2.75, 3.05) is 13.7 Å². The summed E-state index contributed by atoms with van der Waals surface area (Å²) in [5.41, 5.74) is -0.0640. The predicted octanol–water partition coefficient (Wildman–Crippen LogP) is 4.30. The van der Waals surface area contributed by atoms with Gasteiger partial charge < -0.3 is 9.64 Å². The van der Waals surface area contributed by atoms with E-state index < -0.39 is 0 Å². The maximum Gasteiger partial charge on any atom is 0.409 e. The van der Waals surface area contributed by atoms with Crippen molar-refractivity contribution in [3.05, 3.63) is 24.8 Å². The van der Waals surface area contributed by atoms with E-state index in [-0.39, 0.29) is 11.6 Å². The molecule has 1 heterocycles. The first-order chi connectivity index (χ1) is 9.20. The molecule has 1 aliphatic rings. The third-order valence-corrected chi connectivity index (χ3v) is 3.93. The second-order valence-electron chi connectivity index (χ2n) is 5.24. The molecule has 3 nitrogen and oxygen atoms in total. The summed E-state index contributed by atoms with van der Waals surface area (Å²) in [6, 6.07) is 0. The molecule has 1 amide bonds. The van der Waals surface area contributed by atoms with Crippen LogP contribution in [-0.2, 0) is 4.74 Å². The summed E-state index contributed by atoms with van der Waals surface area (Å²) in [5.74, 6) is 0.